The molecule has 3 aromatic rings. The van der Waals surface area contributed by atoms with Gasteiger partial charge in [-0.05, 0) is 93.3 Å². The van der Waals surface area contributed by atoms with Crippen LogP contribution in [0.1, 0.15) is 45.6 Å². The van der Waals surface area contributed by atoms with Gasteiger partial charge in [0.15, 0.2) is 5.82 Å². The van der Waals surface area contributed by atoms with E-state index in [2.05, 4.69) is 51.8 Å². The number of amides is 3. The first-order valence-corrected chi connectivity index (χ1v) is 14.1. The minimum atomic E-state index is -0.393. The second-order valence-electron chi connectivity index (χ2n) is 11.9. The van der Waals surface area contributed by atoms with Gasteiger partial charge in [0.2, 0.25) is 5.91 Å². The highest BCUT2D eigenvalue weighted by Crippen LogP contribution is 2.23. The van der Waals surface area contributed by atoms with Crippen LogP contribution in [-0.4, -0.2) is 80.2 Å². The summed E-state index contributed by atoms with van der Waals surface area (Å²) in [5, 5.41) is 17.5. The van der Waals surface area contributed by atoms with Crippen LogP contribution >= 0.6 is 0 Å². The standard InChI is InChI=1S/C30H41FN8O2/c1-30(2,3)37(4)20-26(33-29(41)32-25-10-6-9-23(17-25)28-34-35-36-38(28)5)18-27(40)39-15-7-8-22(19-39)16-21-11-13-24(31)14-12-21/h6,9-14,17,22,26H,7-8,15-16,18-20H2,1-5H3,(H2,32,33,41)/t22-,26-/m0/s1. The molecule has 2 heterocycles. The second-order valence-corrected chi connectivity index (χ2v) is 11.9. The van der Waals surface area contributed by atoms with E-state index in [-0.39, 0.29) is 29.7 Å². The molecule has 1 fully saturated rings. The number of nitrogens with one attached hydrogen (secondary N) is 2. The molecule has 1 aromatic heterocycles. The number of urea groups is 1. The van der Waals surface area contributed by atoms with E-state index in [9.17, 15) is 14.0 Å². The summed E-state index contributed by atoms with van der Waals surface area (Å²) < 4.78 is 14.9. The van der Waals surface area contributed by atoms with Crippen molar-refractivity contribution in [2.75, 3.05) is 32.0 Å². The Kier molecular flexibility index (Phi) is 9.69. The van der Waals surface area contributed by atoms with Gasteiger partial charge in [-0.3, -0.25) is 9.69 Å². The van der Waals surface area contributed by atoms with E-state index in [1.54, 1.807) is 17.8 Å². The van der Waals surface area contributed by atoms with Crippen LogP contribution < -0.4 is 10.6 Å². The SMILES string of the molecule is CN(C[C@H](CC(=O)N1CCC[C@@H](Cc2ccc(F)cc2)C1)NC(=O)Nc1cccc(-c2nnnn2C)c1)C(C)(C)C. The number of benzene rings is 2. The Hall–Kier alpha value is -3.86. The van der Waals surface area contributed by atoms with Gasteiger partial charge in [0.1, 0.15) is 5.82 Å². The number of halogens is 1. The van der Waals surface area contributed by atoms with E-state index in [1.165, 1.54) is 12.1 Å². The zero-order valence-electron chi connectivity index (χ0n) is 24.6. The second kappa shape index (κ2) is 13.2. The average Bonchev–Trinajstić information content (AvgIpc) is 3.35. The number of rotatable bonds is 9. The van der Waals surface area contributed by atoms with Crippen LogP contribution in [0.5, 0.6) is 0 Å². The predicted molar refractivity (Wildman–Crippen MR) is 157 cm³/mol. The largest absolute Gasteiger partial charge is 0.342 e. The number of nitrogens with zero attached hydrogens (tertiary/aromatic N) is 6. The molecule has 1 aliphatic rings. The van der Waals surface area contributed by atoms with Crippen molar-refractivity contribution in [3.05, 3.63) is 59.9 Å². The Morgan fingerprint density at radius 3 is 2.61 bits per heavy atom. The molecule has 41 heavy (non-hydrogen) atoms. The molecule has 2 N–H and O–H groups in total. The number of hydrogen-bond acceptors (Lipinski definition) is 6. The van der Waals surface area contributed by atoms with Crippen molar-refractivity contribution in [1.82, 2.24) is 35.3 Å². The summed E-state index contributed by atoms with van der Waals surface area (Å²) in [5.74, 6) is 0.690. The van der Waals surface area contributed by atoms with E-state index in [4.69, 9.17) is 0 Å². The van der Waals surface area contributed by atoms with E-state index in [0.29, 0.717) is 37.1 Å². The van der Waals surface area contributed by atoms with Crippen molar-refractivity contribution in [3.63, 3.8) is 0 Å². The molecule has 0 radical (unpaired) electrons. The summed E-state index contributed by atoms with van der Waals surface area (Å²) in [6.07, 6.45) is 2.96. The van der Waals surface area contributed by atoms with Crippen LogP contribution in [0.4, 0.5) is 14.9 Å². The van der Waals surface area contributed by atoms with Gasteiger partial charge in [-0.25, -0.2) is 13.9 Å². The monoisotopic (exact) mass is 564 g/mol. The van der Waals surface area contributed by atoms with Crippen LogP contribution in [0.2, 0.25) is 0 Å². The van der Waals surface area contributed by atoms with Crippen molar-refractivity contribution in [3.8, 4) is 11.4 Å². The van der Waals surface area contributed by atoms with Gasteiger partial charge in [-0.15, -0.1) is 5.10 Å². The lowest BCUT2D eigenvalue weighted by Crippen LogP contribution is -2.51. The molecule has 2 aromatic carbocycles. The molecule has 10 nitrogen and oxygen atoms in total. The van der Waals surface area contributed by atoms with E-state index < -0.39 is 6.04 Å². The molecule has 0 bridgehead atoms. The maximum absolute atomic E-state index is 13.5. The number of likely N-dealkylation sites (N-methyl/N-ethyl adjacent to an activating group) is 1. The Bertz CT molecular complexity index is 1320. The lowest BCUT2D eigenvalue weighted by atomic mass is 9.91. The number of piperidine rings is 1. The van der Waals surface area contributed by atoms with Gasteiger partial charge in [0.05, 0.1) is 6.04 Å². The van der Waals surface area contributed by atoms with Crippen molar-refractivity contribution in [1.29, 1.82) is 0 Å². The molecule has 1 aliphatic heterocycles. The van der Waals surface area contributed by atoms with Gasteiger partial charge < -0.3 is 15.5 Å². The van der Waals surface area contributed by atoms with Gasteiger partial charge >= 0.3 is 6.03 Å². The van der Waals surface area contributed by atoms with Crippen LogP contribution in [-0.2, 0) is 18.3 Å². The lowest BCUT2D eigenvalue weighted by molar-refractivity contribution is -0.133. The third kappa shape index (κ3) is 8.56. The number of anilines is 1. The molecule has 0 unspecified atom stereocenters. The molecular weight excluding hydrogens is 523 g/mol. The molecule has 0 saturated carbocycles. The fourth-order valence-corrected chi connectivity index (χ4v) is 5.08. The third-order valence-electron chi connectivity index (χ3n) is 7.70. The minimum absolute atomic E-state index is 0.0261. The summed E-state index contributed by atoms with van der Waals surface area (Å²) in [7, 11) is 3.75. The van der Waals surface area contributed by atoms with E-state index in [0.717, 1.165) is 30.4 Å². The van der Waals surface area contributed by atoms with Crippen molar-refractivity contribution < 1.29 is 14.0 Å². The highest BCUT2D eigenvalue weighted by Gasteiger charge is 2.29. The number of aryl methyl sites for hydroxylation is 1. The van der Waals surface area contributed by atoms with Crippen molar-refractivity contribution >= 4 is 17.6 Å². The number of likely N-dealkylation sites (tertiary alicyclic amines) is 1. The zero-order valence-corrected chi connectivity index (χ0v) is 24.6. The van der Waals surface area contributed by atoms with Gasteiger partial charge in [-0.2, -0.15) is 0 Å². The van der Waals surface area contributed by atoms with Crippen molar-refractivity contribution in [2.24, 2.45) is 13.0 Å². The van der Waals surface area contributed by atoms with Gasteiger partial charge in [0.25, 0.3) is 0 Å². The molecule has 3 amide bonds. The quantitative estimate of drug-likeness (QED) is 0.405. The minimum Gasteiger partial charge on any atom is -0.342 e. The van der Waals surface area contributed by atoms with Crippen LogP contribution in [0.3, 0.4) is 0 Å². The Morgan fingerprint density at radius 2 is 1.93 bits per heavy atom. The number of aromatic nitrogens is 4. The van der Waals surface area contributed by atoms with Crippen LogP contribution in [0.25, 0.3) is 11.4 Å². The van der Waals surface area contributed by atoms with E-state index in [1.807, 2.05) is 42.3 Å². The molecular formula is C30H41FN8O2. The molecule has 4 rings (SSSR count). The van der Waals surface area contributed by atoms with Gasteiger partial charge in [0, 0.05) is 49.9 Å². The molecule has 0 spiro atoms. The number of carbonyl (C=O) groups excluding carboxylic acids is 2. The summed E-state index contributed by atoms with van der Waals surface area (Å²) in [6.45, 7) is 8.18. The summed E-state index contributed by atoms with van der Waals surface area (Å²) >= 11 is 0. The van der Waals surface area contributed by atoms with E-state index >= 15 is 0 Å². The van der Waals surface area contributed by atoms with Gasteiger partial charge in [-0.1, -0.05) is 24.3 Å². The third-order valence-corrected chi connectivity index (χ3v) is 7.70. The maximum Gasteiger partial charge on any atom is 0.319 e. The summed E-state index contributed by atoms with van der Waals surface area (Å²) in [5.41, 5.74) is 2.31. The number of hydrogen-bond donors (Lipinski definition) is 2. The van der Waals surface area contributed by atoms with Crippen molar-refractivity contribution in [2.45, 2.75) is 58.0 Å². The fraction of sp³-hybridized carbons (Fsp3) is 0.500. The molecule has 11 heteroatoms. The Labute approximate surface area is 241 Å². The fourth-order valence-electron chi connectivity index (χ4n) is 5.08. The lowest BCUT2D eigenvalue weighted by Gasteiger charge is -2.37. The first-order chi connectivity index (χ1) is 19.5. The highest BCUT2D eigenvalue weighted by molar-refractivity contribution is 5.90. The molecule has 0 aliphatic carbocycles. The maximum atomic E-state index is 13.5. The average molecular weight is 565 g/mol. The smallest absolute Gasteiger partial charge is 0.319 e. The number of carbonyl (C=O) groups is 2. The summed E-state index contributed by atoms with van der Waals surface area (Å²) in [4.78, 5) is 30.7. The Morgan fingerprint density at radius 1 is 1.17 bits per heavy atom. The summed E-state index contributed by atoms with van der Waals surface area (Å²) in [6, 6.07) is 13.1. The first-order valence-electron chi connectivity index (χ1n) is 14.1. The molecule has 1 saturated heterocycles. The first kappa shape index (κ1) is 30.1. The molecule has 220 valence electrons. The van der Waals surface area contributed by atoms with Crippen LogP contribution in [0, 0.1) is 11.7 Å². The zero-order chi connectivity index (χ0) is 29.6. The predicted octanol–water partition coefficient (Wildman–Crippen LogP) is 4.11. The Balaban J connectivity index is 1.40. The van der Waals surface area contributed by atoms with Crippen LogP contribution in [0.15, 0.2) is 48.5 Å². The highest BCUT2D eigenvalue weighted by atomic mass is 19.1. The normalized spacial score (nSPS) is 16.5. The molecule has 2 atom stereocenters. The number of tetrazole rings is 1. The topological polar surface area (TPSA) is 108 Å².